The lowest BCUT2D eigenvalue weighted by molar-refractivity contribution is -0.135. The molecule has 0 unspecified atom stereocenters. The second kappa shape index (κ2) is 32.1. The number of aromatic amines is 1. The van der Waals surface area contributed by atoms with Crippen molar-refractivity contribution in [2.24, 2.45) is 22.4 Å². The molecule has 28 heteroatoms. The minimum atomic E-state index is -1.39. The Hall–Kier alpha value is -7.88. The number of thiol groups is 2. The van der Waals surface area contributed by atoms with Gasteiger partial charge in [-0.3, -0.25) is 58.5 Å². The van der Waals surface area contributed by atoms with Gasteiger partial charge in [0.2, 0.25) is 47.3 Å². The normalized spacial score (nSPS) is 16.2. The highest BCUT2D eigenvalue weighted by molar-refractivity contribution is 7.80. The standard InChI is InChI=1S/C51H74N16O10S2/c1-5-28(2)41-49(76)67(51(77)66-41)24-40(68)60-39(26-79)48(75)59-29(3)43(70)61-34(17-11-19-56-27-55-4)44(71)63-36(21-30-13-7-6-8-14-30)46(73)62-35(18-12-20-57-50(53)54)45(72)64-37(47(74)65-38(25-78)42(52)69)22-31-23-58-33-16-10-9-15-32(31)33/h6-10,13-16,23,27-29,34-39,41,58,78-79H,5,11-12,17-22,24-26H2,1-4H3,(H2,52,69)(H,55,56)(H,59,75)(H,60,68)(H,61,70)(H,62,73)(H,63,71)(H,64,72)(H,65,74)(H,66,77)(H4,53,54,57)/t28-,29+,34-,35-,36+,37-,38-,39-,41-/m0/s1. The van der Waals surface area contributed by atoms with E-state index < -0.39 is 114 Å². The number of benzene rings is 2. The first-order valence-corrected chi connectivity index (χ1v) is 27.0. The minimum absolute atomic E-state index is 0.00707. The lowest BCUT2D eigenvalue weighted by Crippen LogP contribution is -2.60. The van der Waals surface area contributed by atoms with Crippen molar-refractivity contribution in [3.63, 3.8) is 0 Å². The Balaban J connectivity index is 1.57. The summed E-state index contributed by atoms with van der Waals surface area (Å²) in [5, 5.41) is 34.7. The quantitative estimate of drug-likeness (QED) is 0.0103. The molecule has 16 N–H and O–H groups in total. The number of hydrogen-bond acceptors (Lipinski definition) is 14. The molecular formula is C51H74N16O10S2. The molecule has 79 heavy (non-hydrogen) atoms. The average Bonchev–Trinajstić information content (AvgIpc) is 4.00. The molecule has 26 nitrogen and oxygen atoms in total. The van der Waals surface area contributed by atoms with Gasteiger partial charge in [0.25, 0.3) is 5.91 Å². The first-order valence-electron chi connectivity index (χ1n) is 25.8. The number of carbonyl (C=O) groups excluding carboxylic acids is 10. The van der Waals surface area contributed by atoms with Crippen molar-refractivity contribution in [1.82, 2.24) is 63.1 Å². The van der Waals surface area contributed by atoms with Crippen LogP contribution >= 0.6 is 25.3 Å². The van der Waals surface area contributed by atoms with Gasteiger partial charge in [-0.25, -0.2) is 4.79 Å². The van der Waals surface area contributed by atoms with Crippen LogP contribution in [0.4, 0.5) is 4.79 Å². The molecule has 9 atom stereocenters. The fourth-order valence-electron chi connectivity index (χ4n) is 8.26. The molecule has 0 radical (unpaired) electrons. The van der Waals surface area contributed by atoms with Crippen molar-refractivity contribution in [2.75, 3.05) is 38.2 Å². The number of amides is 11. The molecular weight excluding hydrogens is 1060 g/mol. The van der Waals surface area contributed by atoms with Gasteiger partial charge in [-0.05, 0) is 55.7 Å². The van der Waals surface area contributed by atoms with Crippen LogP contribution in [-0.2, 0) is 56.0 Å². The zero-order chi connectivity index (χ0) is 58.2. The van der Waals surface area contributed by atoms with Crippen LogP contribution < -0.4 is 64.6 Å². The van der Waals surface area contributed by atoms with Crippen molar-refractivity contribution in [3.8, 4) is 0 Å². The van der Waals surface area contributed by atoms with Crippen molar-refractivity contribution < 1.29 is 47.9 Å². The molecule has 1 aromatic heterocycles. The summed E-state index contributed by atoms with van der Waals surface area (Å²) in [4.78, 5) is 143. The number of primary amides is 1. The van der Waals surface area contributed by atoms with E-state index in [0.717, 1.165) is 15.8 Å². The molecule has 0 spiro atoms. The Morgan fingerprint density at radius 1 is 0.722 bits per heavy atom. The SMILES string of the molecule is CC[C@H](C)[C@@H]1NC(=O)N(CC(=O)N[C@@H](CS)C(=O)N[C@H](C)C(=O)N[C@@H](CCC/N=C\NC)C(=O)N[C@H](Cc2ccccc2)C(=O)N[C@@H](CCCNC(=N)N)C(=O)N[C@@H](Cc2c[nH]c3ccccc23)C(=O)N[C@@H](CS)C(N)=O)C1=O. The average molecular weight is 1140 g/mol. The molecule has 1 fully saturated rings. The second-order valence-electron chi connectivity index (χ2n) is 18.9. The van der Waals surface area contributed by atoms with Gasteiger partial charge in [0.1, 0.15) is 54.9 Å². The first-order chi connectivity index (χ1) is 37.7. The van der Waals surface area contributed by atoms with Crippen LogP contribution in [0.5, 0.6) is 0 Å². The number of nitrogens with one attached hydrogen (secondary N) is 12. The third-order valence-electron chi connectivity index (χ3n) is 12.9. The third-order valence-corrected chi connectivity index (χ3v) is 13.6. The van der Waals surface area contributed by atoms with Gasteiger partial charge in [-0.15, -0.1) is 0 Å². The van der Waals surface area contributed by atoms with Crippen LogP contribution in [0.1, 0.15) is 64.0 Å². The molecule has 0 saturated carbocycles. The number of hydrogen-bond donors (Lipinski definition) is 16. The van der Waals surface area contributed by atoms with Crippen LogP contribution in [0.2, 0.25) is 0 Å². The van der Waals surface area contributed by atoms with E-state index in [-0.39, 0.29) is 75.0 Å². The smallest absolute Gasteiger partial charge is 0.325 e. The summed E-state index contributed by atoms with van der Waals surface area (Å²) < 4.78 is 0. The van der Waals surface area contributed by atoms with Gasteiger partial charge in [0, 0.05) is 61.6 Å². The van der Waals surface area contributed by atoms with E-state index >= 15 is 0 Å². The maximum atomic E-state index is 14.6. The van der Waals surface area contributed by atoms with Crippen LogP contribution in [0.3, 0.4) is 0 Å². The van der Waals surface area contributed by atoms with Crippen LogP contribution in [0, 0.1) is 11.3 Å². The zero-order valence-corrected chi connectivity index (χ0v) is 46.3. The monoisotopic (exact) mass is 1130 g/mol. The number of guanidine groups is 1. The fourth-order valence-corrected chi connectivity index (χ4v) is 8.79. The summed E-state index contributed by atoms with van der Waals surface area (Å²) in [6.07, 6.45) is 3.92. The van der Waals surface area contributed by atoms with E-state index in [1.807, 2.05) is 25.1 Å². The van der Waals surface area contributed by atoms with Crippen LogP contribution in [0.15, 0.2) is 65.8 Å². The predicted molar refractivity (Wildman–Crippen MR) is 303 cm³/mol. The first kappa shape index (κ1) is 63.7. The van der Waals surface area contributed by atoms with Crippen LogP contribution in [-0.4, -0.2) is 168 Å². The van der Waals surface area contributed by atoms with Crippen molar-refractivity contribution in [1.29, 1.82) is 5.41 Å². The lowest BCUT2D eigenvalue weighted by Gasteiger charge is -2.27. The molecule has 0 bridgehead atoms. The Bertz CT molecular complexity index is 2660. The van der Waals surface area contributed by atoms with Gasteiger partial charge in [-0.2, -0.15) is 25.3 Å². The van der Waals surface area contributed by atoms with Crippen molar-refractivity contribution in [3.05, 3.63) is 71.9 Å². The Kier molecular flexibility index (Phi) is 25.9. The highest BCUT2D eigenvalue weighted by Gasteiger charge is 2.42. The molecule has 0 aliphatic carbocycles. The van der Waals surface area contributed by atoms with E-state index in [1.54, 1.807) is 56.6 Å². The number of nitrogens with zero attached hydrogens (tertiary/aromatic N) is 2. The molecule has 3 aromatic rings. The highest BCUT2D eigenvalue weighted by atomic mass is 32.1. The van der Waals surface area contributed by atoms with Crippen molar-refractivity contribution in [2.45, 2.75) is 114 Å². The molecule has 1 saturated heterocycles. The molecule has 430 valence electrons. The second-order valence-corrected chi connectivity index (χ2v) is 19.6. The van der Waals surface area contributed by atoms with E-state index in [0.29, 0.717) is 17.5 Å². The summed E-state index contributed by atoms with van der Waals surface area (Å²) in [5.41, 5.74) is 13.0. The number of fused-ring (bicyclic) bond motifs is 1. The Morgan fingerprint density at radius 2 is 1.28 bits per heavy atom. The summed E-state index contributed by atoms with van der Waals surface area (Å²) >= 11 is 8.34. The molecule has 11 amide bonds. The van der Waals surface area contributed by atoms with Gasteiger partial charge in [-0.1, -0.05) is 68.8 Å². The van der Waals surface area contributed by atoms with E-state index in [2.05, 4.69) is 88.4 Å². The molecule has 2 heterocycles. The number of nitrogens with two attached hydrogens (primary N) is 2. The Morgan fingerprint density at radius 3 is 1.89 bits per heavy atom. The fraction of sp³-hybridized carbons (Fsp3) is 0.490. The topological polar surface area (TPSA) is 398 Å². The number of urea groups is 1. The number of H-pyrrole nitrogens is 1. The molecule has 2 aromatic carbocycles. The number of para-hydroxylation sites is 1. The number of aliphatic imine (C=N–C) groups is 1. The molecule has 1 aliphatic rings. The maximum absolute atomic E-state index is 14.6. The minimum Gasteiger partial charge on any atom is -0.380 e. The summed E-state index contributed by atoms with van der Waals surface area (Å²) in [7, 11) is 1.65. The number of carbonyl (C=O) groups is 10. The third kappa shape index (κ3) is 19.8. The summed E-state index contributed by atoms with van der Waals surface area (Å²) in [6, 6.07) is 5.17. The van der Waals surface area contributed by atoms with E-state index in [4.69, 9.17) is 16.9 Å². The van der Waals surface area contributed by atoms with Gasteiger partial charge in [0.15, 0.2) is 5.96 Å². The zero-order valence-electron chi connectivity index (χ0n) is 44.6. The Labute approximate surface area is 468 Å². The largest absolute Gasteiger partial charge is 0.380 e. The molecule has 4 rings (SSSR count). The van der Waals surface area contributed by atoms with Crippen molar-refractivity contribution >= 4 is 108 Å². The van der Waals surface area contributed by atoms with Gasteiger partial charge in [0.05, 0.1) is 6.34 Å². The predicted octanol–water partition coefficient (Wildman–Crippen LogP) is -2.03. The highest BCUT2D eigenvalue weighted by Crippen LogP contribution is 2.20. The summed E-state index contributed by atoms with van der Waals surface area (Å²) in [6.45, 7) is 4.65. The summed E-state index contributed by atoms with van der Waals surface area (Å²) in [5.74, 6) is -8.04. The van der Waals surface area contributed by atoms with Crippen LogP contribution in [0.25, 0.3) is 10.9 Å². The maximum Gasteiger partial charge on any atom is 0.325 e. The van der Waals surface area contributed by atoms with E-state index in [1.165, 1.54) is 13.3 Å². The number of rotatable bonds is 33. The van der Waals surface area contributed by atoms with Gasteiger partial charge < -0.3 is 69.6 Å². The number of imide groups is 1. The van der Waals surface area contributed by atoms with E-state index in [9.17, 15) is 47.9 Å². The van der Waals surface area contributed by atoms with Gasteiger partial charge >= 0.3 is 6.03 Å². The molecule has 1 aliphatic heterocycles. The lowest BCUT2D eigenvalue weighted by atomic mass is 9.99. The number of aromatic nitrogens is 1.